The molecule has 118 valence electrons. The monoisotopic (exact) mass is 302 g/mol. The van der Waals surface area contributed by atoms with Crippen LogP contribution in [0.3, 0.4) is 0 Å². The van der Waals surface area contributed by atoms with E-state index in [1.165, 1.54) is 0 Å². The topological polar surface area (TPSA) is 66.4 Å². The van der Waals surface area contributed by atoms with Crippen molar-refractivity contribution in [2.24, 2.45) is 5.92 Å². The highest BCUT2D eigenvalue weighted by Gasteiger charge is 2.25. The maximum Gasteiger partial charge on any atom is 0.274 e. The van der Waals surface area contributed by atoms with Crippen LogP contribution in [-0.2, 0) is 11.2 Å². The van der Waals surface area contributed by atoms with E-state index in [-0.39, 0.29) is 11.8 Å². The Bertz CT molecular complexity index is 552. The van der Waals surface area contributed by atoms with Crippen LogP contribution in [-0.4, -0.2) is 57.8 Å². The summed E-state index contributed by atoms with van der Waals surface area (Å²) >= 11 is 0. The van der Waals surface area contributed by atoms with Gasteiger partial charge in [0.05, 0.1) is 11.9 Å². The molecule has 3 rings (SSSR count). The molecule has 0 unspecified atom stereocenters. The van der Waals surface area contributed by atoms with Gasteiger partial charge in [-0.3, -0.25) is 14.6 Å². The first kappa shape index (κ1) is 14.9. The molecule has 2 aliphatic heterocycles. The van der Waals surface area contributed by atoms with Crippen molar-refractivity contribution in [3.8, 4) is 0 Å². The molecule has 2 fully saturated rings. The molecule has 0 aromatic carbocycles. The van der Waals surface area contributed by atoms with Crippen LogP contribution in [0.1, 0.15) is 42.4 Å². The standard InChI is InChI=1S/C16H22N4O2/c1-12(21)20-7-4-13(11-20)8-14-9-18-15(10-17-14)16(22)19-5-2-3-6-19/h9-10,13H,2-8,11H2,1H3/t13-/m0/s1. The minimum Gasteiger partial charge on any atom is -0.343 e. The largest absolute Gasteiger partial charge is 0.343 e. The first-order valence-corrected chi connectivity index (χ1v) is 7.99. The van der Waals surface area contributed by atoms with Gasteiger partial charge in [0.2, 0.25) is 5.91 Å². The van der Waals surface area contributed by atoms with E-state index in [1.54, 1.807) is 19.3 Å². The van der Waals surface area contributed by atoms with Gasteiger partial charge in [-0.15, -0.1) is 0 Å². The van der Waals surface area contributed by atoms with Gasteiger partial charge in [0, 0.05) is 39.3 Å². The van der Waals surface area contributed by atoms with Crippen LogP contribution in [0.15, 0.2) is 12.4 Å². The molecule has 6 nitrogen and oxygen atoms in total. The molecule has 2 amide bonds. The average Bonchev–Trinajstić information content (AvgIpc) is 3.19. The summed E-state index contributed by atoms with van der Waals surface area (Å²) in [5.41, 5.74) is 1.33. The molecule has 1 atom stereocenters. The lowest BCUT2D eigenvalue weighted by atomic mass is 10.0. The second kappa shape index (κ2) is 6.42. The van der Waals surface area contributed by atoms with E-state index in [4.69, 9.17) is 0 Å². The van der Waals surface area contributed by atoms with Crippen LogP contribution < -0.4 is 0 Å². The maximum atomic E-state index is 12.2. The van der Waals surface area contributed by atoms with Crippen LogP contribution in [0.2, 0.25) is 0 Å². The quantitative estimate of drug-likeness (QED) is 0.839. The van der Waals surface area contributed by atoms with Crippen molar-refractivity contribution >= 4 is 11.8 Å². The molecule has 0 spiro atoms. The summed E-state index contributed by atoms with van der Waals surface area (Å²) in [6.45, 7) is 4.89. The highest BCUT2D eigenvalue weighted by atomic mass is 16.2. The Morgan fingerprint density at radius 3 is 2.50 bits per heavy atom. The van der Waals surface area contributed by atoms with E-state index in [0.29, 0.717) is 11.6 Å². The molecular weight excluding hydrogens is 280 g/mol. The Morgan fingerprint density at radius 1 is 1.14 bits per heavy atom. The second-order valence-electron chi connectivity index (χ2n) is 6.22. The number of hydrogen-bond donors (Lipinski definition) is 0. The summed E-state index contributed by atoms with van der Waals surface area (Å²) in [6, 6.07) is 0. The predicted molar refractivity (Wildman–Crippen MR) is 81.2 cm³/mol. The molecule has 2 saturated heterocycles. The predicted octanol–water partition coefficient (Wildman–Crippen LogP) is 1.12. The SMILES string of the molecule is CC(=O)N1CC[C@@H](Cc2cnc(C(=O)N3CCCC3)cn2)C1. The Morgan fingerprint density at radius 2 is 1.91 bits per heavy atom. The van der Waals surface area contributed by atoms with Gasteiger partial charge in [-0.25, -0.2) is 4.98 Å². The summed E-state index contributed by atoms with van der Waals surface area (Å²) in [6.07, 6.45) is 7.27. The van der Waals surface area contributed by atoms with E-state index in [9.17, 15) is 9.59 Å². The van der Waals surface area contributed by atoms with Crippen LogP contribution >= 0.6 is 0 Å². The third kappa shape index (κ3) is 3.26. The molecule has 0 bridgehead atoms. The number of likely N-dealkylation sites (tertiary alicyclic amines) is 2. The molecule has 0 radical (unpaired) electrons. The van der Waals surface area contributed by atoms with E-state index in [1.807, 2.05) is 9.80 Å². The zero-order valence-corrected chi connectivity index (χ0v) is 13.0. The molecule has 6 heteroatoms. The van der Waals surface area contributed by atoms with Crippen molar-refractivity contribution in [3.63, 3.8) is 0 Å². The molecule has 1 aromatic heterocycles. The van der Waals surface area contributed by atoms with Crippen molar-refractivity contribution < 1.29 is 9.59 Å². The number of carbonyl (C=O) groups excluding carboxylic acids is 2. The van der Waals surface area contributed by atoms with E-state index >= 15 is 0 Å². The van der Waals surface area contributed by atoms with Crippen molar-refractivity contribution in [1.82, 2.24) is 19.8 Å². The van der Waals surface area contributed by atoms with Gasteiger partial charge in [0.25, 0.3) is 5.91 Å². The molecule has 1 aromatic rings. The highest BCUT2D eigenvalue weighted by molar-refractivity contribution is 5.92. The third-order valence-electron chi connectivity index (χ3n) is 4.55. The molecule has 0 aliphatic carbocycles. The van der Waals surface area contributed by atoms with Crippen molar-refractivity contribution in [2.45, 2.75) is 32.6 Å². The third-order valence-corrected chi connectivity index (χ3v) is 4.55. The molecule has 0 N–H and O–H groups in total. The fraction of sp³-hybridized carbons (Fsp3) is 0.625. The van der Waals surface area contributed by atoms with Gasteiger partial charge in [-0.05, 0) is 31.6 Å². The zero-order chi connectivity index (χ0) is 15.5. The Balaban J connectivity index is 1.57. The van der Waals surface area contributed by atoms with E-state index in [2.05, 4.69) is 9.97 Å². The summed E-state index contributed by atoms with van der Waals surface area (Å²) in [5, 5.41) is 0. The average molecular weight is 302 g/mol. The first-order valence-electron chi connectivity index (χ1n) is 7.99. The molecule has 22 heavy (non-hydrogen) atoms. The summed E-state index contributed by atoms with van der Waals surface area (Å²) in [4.78, 5) is 35.9. The summed E-state index contributed by atoms with van der Waals surface area (Å²) in [7, 11) is 0. The Labute approximate surface area is 130 Å². The van der Waals surface area contributed by atoms with Gasteiger partial charge in [-0.2, -0.15) is 0 Å². The second-order valence-corrected chi connectivity index (χ2v) is 6.22. The smallest absolute Gasteiger partial charge is 0.274 e. The number of rotatable bonds is 3. The van der Waals surface area contributed by atoms with Gasteiger partial charge < -0.3 is 9.80 Å². The summed E-state index contributed by atoms with van der Waals surface area (Å²) < 4.78 is 0. The van der Waals surface area contributed by atoms with Crippen molar-refractivity contribution in [2.75, 3.05) is 26.2 Å². The minimum atomic E-state index is -0.0137. The van der Waals surface area contributed by atoms with Crippen molar-refractivity contribution in [3.05, 3.63) is 23.8 Å². The maximum absolute atomic E-state index is 12.2. The van der Waals surface area contributed by atoms with Crippen LogP contribution in [0.25, 0.3) is 0 Å². The minimum absolute atomic E-state index is 0.0137. The number of nitrogens with zero attached hydrogens (tertiary/aromatic N) is 4. The number of aromatic nitrogens is 2. The summed E-state index contributed by atoms with van der Waals surface area (Å²) in [5.74, 6) is 0.568. The van der Waals surface area contributed by atoms with Crippen molar-refractivity contribution in [1.29, 1.82) is 0 Å². The lowest BCUT2D eigenvalue weighted by Crippen LogP contribution is -2.28. The van der Waals surface area contributed by atoms with E-state index in [0.717, 1.165) is 57.6 Å². The fourth-order valence-electron chi connectivity index (χ4n) is 3.23. The number of amides is 2. The molecule has 2 aliphatic rings. The van der Waals surface area contributed by atoms with Gasteiger partial charge in [-0.1, -0.05) is 0 Å². The van der Waals surface area contributed by atoms with E-state index < -0.39 is 0 Å². The first-order chi connectivity index (χ1) is 10.6. The lowest BCUT2D eigenvalue weighted by molar-refractivity contribution is -0.127. The Kier molecular flexibility index (Phi) is 4.36. The van der Waals surface area contributed by atoms with Crippen LogP contribution in [0.4, 0.5) is 0 Å². The van der Waals surface area contributed by atoms with Crippen LogP contribution in [0.5, 0.6) is 0 Å². The van der Waals surface area contributed by atoms with Crippen LogP contribution in [0, 0.1) is 5.92 Å². The molecular formula is C16H22N4O2. The van der Waals surface area contributed by atoms with Gasteiger partial charge in [0.1, 0.15) is 5.69 Å². The van der Waals surface area contributed by atoms with Gasteiger partial charge in [0.15, 0.2) is 0 Å². The Hall–Kier alpha value is -1.98. The number of carbonyl (C=O) groups is 2. The highest BCUT2D eigenvalue weighted by Crippen LogP contribution is 2.20. The normalized spacial score (nSPS) is 21.4. The van der Waals surface area contributed by atoms with Gasteiger partial charge >= 0.3 is 0 Å². The molecule has 0 saturated carbocycles. The molecule has 3 heterocycles. The zero-order valence-electron chi connectivity index (χ0n) is 13.0. The lowest BCUT2D eigenvalue weighted by Gasteiger charge is -2.15. The fourth-order valence-corrected chi connectivity index (χ4v) is 3.23. The number of hydrogen-bond acceptors (Lipinski definition) is 4.